The molecule has 1 aromatic carbocycles. The molecule has 2 rings (SSSR count). The smallest absolute Gasteiger partial charge is 0.316 e. The second-order valence-electron chi connectivity index (χ2n) is 14.3. The van der Waals surface area contributed by atoms with Gasteiger partial charge in [-0.25, -0.2) is 9.97 Å². The highest BCUT2D eigenvalue weighted by Crippen LogP contribution is 2.25. The Morgan fingerprint density at radius 3 is 1.59 bits per heavy atom. The van der Waals surface area contributed by atoms with E-state index in [1.54, 1.807) is 0 Å². The quantitative estimate of drug-likeness (QED) is 0.0780. The highest BCUT2D eigenvalue weighted by molar-refractivity contribution is 6.87. The summed E-state index contributed by atoms with van der Waals surface area (Å²) in [6.45, 7) is 19.7. The second-order valence-corrected chi connectivity index (χ2v) is 27.0. The van der Waals surface area contributed by atoms with Gasteiger partial charge in [0.15, 0.2) is 16.6 Å². The Morgan fingerprint density at radius 2 is 1.05 bits per heavy atom. The predicted octanol–water partition coefficient (Wildman–Crippen LogP) is 11.2. The molecule has 0 aliphatic carbocycles. The normalized spacial score (nSPS) is 12.5. The van der Waals surface area contributed by atoms with Crippen molar-refractivity contribution in [2.45, 2.75) is 149 Å². The SMILES string of the molecule is CCCCCCCOc1ncc(-c2ccc(OCCCCCCCCCCC[Si](C)(C)O[Si](C)(C)O[Si](C)(C)C)cc2)cn1. The molecule has 250 valence electrons. The molecule has 0 amide bonds. The van der Waals surface area contributed by atoms with Crippen LogP contribution < -0.4 is 9.47 Å². The fourth-order valence-corrected chi connectivity index (χ4v) is 19.0. The molecule has 9 heteroatoms. The summed E-state index contributed by atoms with van der Waals surface area (Å²) in [5.41, 5.74) is 2.07. The van der Waals surface area contributed by atoms with Crippen molar-refractivity contribution in [1.29, 1.82) is 0 Å². The van der Waals surface area contributed by atoms with Gasteiger partial charge in [-0.3, -0.25) is 0 Å². The van der Waals surface area contributed by atoms with E-state index in [4.69, 9.17) is 17.7 Å². The molecule has 0 atom stereocenters. The van der Waals surface area contributed by atoms with Gasteiger partial charge in [0, 0.05) is 18.0 Å². The third kappa shape index (κ3) is 18.4. The fraction of sp³-hybridized carbons (Fsp3) is 0.714. The molecule has 0 bridgehead atoms. The van der Waals surface area contributed by atoms with Gasteiger partial charge in [-0.05, 0) is 82.4 Å². The molecule has 2 aromatic rings. The Morgan fingerprint density at radius 1 is 0.545 bits per heavy atom. The zero-order valence-corrected chi connectivity index (χ0v) is 32.5. The lowest BCUT2D eigenvalue weighted by Crippen LogP contribution is -2.51. The van der Waals surface area contributed by atoms with Crippen LogP contribution in [0.5, 0.6) is 11.8 Å². The Kier molecular flexibility index (Phi) is 18.1. The van der Waals surface area contributed by atoms with Crippen LogP contribution in [0.2, 0.25) is 51.9 Å². The van der Waals surface area contributed by atoms with E-state index < -0.39 is 25.2 Å². The van der Waals surface area contributed by atoms with E-state index in [0.29, 0.717) is 12.6 Å². The van der Waals surface area contributed by atoms with Crippen LogP contribution in [0.3, 0.4) is 0 Å². The lowest BCUT2D eigenvalue weighted by Gasteiger charge is -2.37. The van der Waals surface area contributed by atoms with Gasteiger partial charge in [-0.1, -0.05) is 96.1 Å². The molecule has 0 aliphatic rings. The Hall–Kier alpha value is -1.53. The number of rotatable bonds is 25. The third-order valence-electron chi connectivity index (χ3n) is 7.56. The summed E-state index contributed by atoms with van der Waals surface area (Å²) in [5, 5.41) is 0. The zero-order valence-electron chi connectivity index (χ0n) is 29.5. The van der Waals surface area contributed by atoms with Crippen molar-refractivity contribution < 1.29 is 17.7 Å². The summed E-state index contributed by atoms with van der Waals surface area (Å²) in [7, 11) is -5.21. The van der Waals surface area contributed by atoms with Gasteiger partial charge in [0.05, 0.1) is 13.2 Å². The molecule has 0 saturated carbocycles. The number of aromatic nitrogens is 2. The molecule has 0 radical (unpaired) electrons. The van der Waals surface area contributed by atoms with Crippen LogP contribution in [0.1, 0.15) is 96.8 Å². The topological polar surface area (TPSA) is 62.7 Å². The first-order valence-corrected chi connectivity index (χ1v) is 26.8. The molecule has 6 nitrogen and oxygen atoms in total. The molecule has 0 spiro atoms. The van der Waals surface area contributed by atoms with Crippen LogP contribution in [-0.4, -0.2) is 48.4 Å². The number of hydrogen-bond donors (Lipinski definition) is 0. The van der Waals surface area contributed by atoms with Gasteiger partial charge in [0.25, 0.3) is 0 Å². The maximum atomic E-state index is 6.64. The number of unbranched alkanes of at least 4 members (excludes halogenated alkanes) is 12. The molecule has 0 unspecified atom stereocenters. The summed E-state index contributed by atoms with van der Waals surface area (Å²) >= 11 is 0. The fourth-order valence-electron chi connectivity index (χ4n) is 5.71. The van der Waals surface area contributed by atoms with Gasteiger partial charge in [-0.15, -0.1) is 0 Å². The molecular formula is C35H64N2O4Si3. The van der Waals surface area contributed by atoms with Gasteiger partial charge in [0.1, 0.15) is 5.75 Å². The van der Waals surface area contributed by atoms with Crippen LogP contribution in [0, 0.1) is 0 Å². The average Bonchev–Trinajstić information content (AvgIpc) is 2.94. The van der Waals surface area contributed by atoms with Crippen molar-refractivity contribution >= 4 is 25.2 Å². The minimum Gasteiger partial charge on any atom is -0.494 e. The van der Waals surface area contributed by atoms with Gasteiger partial charge >= 0.3 is 14.6 Å². The van der Waals surface area contributed by atoms with E-state index in [1.165, 1.54) is 83.1 Å². The lowest BCUT2D eigenvalue weighted by molar-refractivity contribution is 0.281. The van der Waals surface area contributed by atoms with E-state index >= 15 is 0 Å². The number of benzene rings is 1. The summed E-state index contributed by atoms with van der Waals surface area (Å²) in [4.78, 5) is 8.76. The van der Waals surface area contributed by atoms with Crippen LogP contribution in [0.4, 0.5) is 0 Å². The number of hydrogen-bond acceptors (Lipinski definition) is 6. The second kappa shape index (κ2) is 20.6. The van der Waals surface area contributed by atoms with Crippen molar-refractivity contribution in [2.24, 2.45) is 0 Å². The van der Waals surface area contributed by atoms with Crippen molar-refractivity contribution in [3.63, 3.8) is 0 Å². The average molecular weight is 661 g/mol. The maximum absolute atomic E-state index is 6.64. The van der Waals surface area contributed by atoms with E-state index in [-0.39, 0.29) is 0 Å². The molecule has 0 N–H and O–H groups in total. The Labute approximate surface area is 273 Å². The van der Waals surface area contributed by atoms with Gasteiger partial charge in [0.2, 0.25) is 0 Å². The maximum Gasteiger partial charge on any atom is 0.316 e. The summed E-state index contributed by atoms with van der Waals surface area (Å²) in [6, 6.07) is 9.93. The van der Waals surface area contributed by atoms with Crippen LogP contribution in [-0.2, 0) is 8.23 Å². The summed E-state index contributed by atoms with van der Waals surface area (Å²) < 4.78 is 24.7. The van der Waals surface area contributed by atoms with E-state index in [2.05, 4.69) is 74.9 Å². The van der Waals surface area contributed by atoms with Gasteiger partial charge in [-0.2, -0.15) is 0 Å². The van der Waals surface area contributed by atoms with Crippen molar-refractivity contribution in [3.8, 4) is 22.9 Å². The summed E-state index contributed by atoms with van der Waals surface area (Å²) in [6.07, 6.45) is 21.4. The lowest BCUT2D eigenvalue weighted by atomic mass is 10.1. The largest absolute Gasteiger partial charge is 0.494 e. The van der Waals surface area contributed by atoms with Crippen molar-refractivity contribution in [1.82, 2.24) is 9.97 Å². The Balaban J connectivity index is 1.49. The van der Waals surface area contributed by atoms with Crippen molar-refractivity contribution in [3.05, 3.63) is 36.7 Å². The Bertz CT molecular complexity index is 1010. The van der Waals surface area contributed by atoms with Crippen LogP contribution in [0.25, 0.3) is 11.1 Å². The zero-order chi connectivity index (χ0) is 32.3. The molecule has 1 aromatic heterocycles. The highest BCUT2D eigenvalue weighted by atomic mass is 28.5. The minimum atomic E-state index is -2.01. The van der Waals surface area contributed by atoms with E-state index in [0.717, 1.165) is 36.3 Å². The molecule has 0 aliphatic heterocycles. The first kappa shape index (κ1) is 38.7. The number of ether oxygens (including phenoxy) is 2. The van der Waals surface area contributed by atoms with Crippen LogP contribution in [0.15, 0.2) is 36.7 Å². The predicted molar refractivity (Wildman–Crippen MR) is 194 cm³/mol. The van der Waals surface area contributed by atoms with Gasteiger partial charge < -0.3 is 17.7 Å². The van der Waals surface area contributed by atoms with Crippen molar-refractivity contribution in [2.75, 3.05) is 13.2 Å². The standard InChI is InChI=1S/C35H64N2O4Si3/c1-9-10-11-17-21-28-39-35-36-30-33(31-37-35)32-23-25-34(26-24-32)38-27-20-18-15-13-12-14-16-19-22-29-43(5,6)41-44(7,8)40-42(2,3)4/h23-26,30-31H,9-22,27-29H2,1-8H3. The number of nitrogens with zero attached hydrogens (tertiary/aromatic N) is 2. The van der Waals surface area contributed by atoms with E-state index in [1.807, 2.05) is 24.5 Å². The first-order valence-electron chi connectivity index (χ1n) is 17.5. The molecule has 0 fully saturated rings. The van der Waals surface area contributed by atoms with Crippen LogP contribution >= 0.6 is 0 Å². The summed E-state index contributed by atoms with van der Waals surface area (Å²) in [5.74, 6) is 0.920. The molecule has 44 heavy (non-hydrogen) atoms. The van der Waals surface area contributed by atoms with E-state index in [9.17, 15) is 0 Å². The monoisotopic (exact) mass is 660 g/mol. The molecule has 0 saturated heterocycles. The first-order chi connectivity index (χ1) is 20.9. The highest BCUT2D eigenvalue weighted by Gasteiger charge is 2.37. The minimum absolute atomic E-state index is 0.459. The molecular weight excluding hydrogens is 597 g/mol. The third-order valence-corrected chi connectivity index (χ3v) is 17.7. The molecule has 1 heterocycles.